The van der Waals surface area contributed by atoms with Crippen molar-refractivity contribution in [2.75, 3.05) is 0 Å². The molecule has 0 fully saturated rings. The molecule has 0 aliphatic heterocycles. The predicted molar refractivity (Wildman–Crippen MR) is 133 cm³/mol. The number of aromatic nitrogens is 3. The molecule has 0 aliphatic carbocycles. The molecule has 2 N–H and O–H groups in total. The Morgan fingerprint density at radius 1 is 1.11 bits per heavy atom. The Labute approximate surface area is 208 Å². The molecule has 2 aromatic heterocycles. The van der Waals surface area contributed by atoms with Crippen LogP contribution in [0.3, 0.4) is 0 Å². The Kier molecular flexibility index (Phi) is 7.28. The van der Waals surface area contributed by atoms with E-state index in [2.05, 4.69) is 20.4 Å². The molecule has 4 rings (SSSR count). The highest BCUT2D eigenvalue weighted by Gasteiger charge is 2.30. The normalized spacial score (nSPS) is 11.5. The van der Waals surface area contributed by atoms with Crippen molar-refractivity contribution >= 4 is 17.3 Å². The second-order valence-electron chi connectivity index (χ2n) is 8.87. The second-order valence-corrected chi connectivity index (χ2v) is 9.81. The fourth-order valence-electron chi connectivity index (χ4n) is 3.61. The molecule has 182 valence electrons. The van der Waals surface area contributed by atoms with Gasteiger partial charge in [0, 0.05) is 24.0 Å². The first-order valence-electron chi connectivity index (χ1n) is 11.3. The molecule has 0 radical (unpaired) electrons. The van der Waals surface area contributed by atoms with Gasteiger partial charge in [0.25, 0.3) is 0 Å². The molecule has 2 heterocycles. The van der Waals surface area contributed by atoms with E-state index >= 15 is 0 Å². The zero-order valence-corrected chi connectivity index (χ0v) is 21.0. The van der Waals surface area contributed by atoms with Crippen molar-refractivity contribution in [1.29, 1.82) is 0 Å². The number of aryl methyl sites for hydroxylation is 2. The van der Waals surface area contributed by atoms with Crippen LogP contribution >= 0.6 is 11.3 Å². The van der Waals surface area contributed by atoms with Crippen LogP contribution in [0, 0.1) is 13.8 Å². The summed E-state index contributed by atoms with van der Waals surface area (Å²) in [7, 11) is 0. The van der Waals surface area contributed by atoms with Crippen LogP contribution in [0.15, 0.2) is 52.4 Å². The van der Waals surface area contributed by atoms with E-state index in [-0.39, 0.29) is 0 Å². The van der Waals surface area contributed by atoms with Crippen LogP contribution in [0.4, 0.5) is 0 Å². The Bertz CT molecular complexity index is 1290. The number of ether oxygens (including phenoxy) is 1. The van der Waals surface area contributed by atoms with Crippen LogP contribution in [-0.4, -0.2) is 31.8 Å². The van der Waals surface area contributed by atoms with Gasteiger partial charge < -0.3 is 19.7 Å². The molecule has 0 aliphatic rings. The number of thiazole rings is 1. The molecule has 0 unspecified atom stereocenters. The van der Waals surface area contributed by atoms with Crippen molar-refractivity contribution in [2.45, 2.75) is 52.8 Å². The highest BCUT2D eigenvalue weighted by Crippen LogP contribution is 2.29. The second kappa shape index (κ2) is 10.4. The Morgan fingerprint density at radius 3 is 2.51 bits per heavy atom. The first-order chi connectivity index (χ1) is 16.7. The van der Waals surface area contributed by atoms with Gasteiger partial charge in [-0.15, -0.1) is 11.3 Å². The number of hydrogen-bond donors (Lipinski definition) is 2. The summed E-state index contributed by atoms with van der Waals surface area (Å²) in [5.41, 5.74) is 3.42. The van der Waals surface area contributed by atoms with E-state index in [0.717, 1.165) is 33.0 Å². The number of carboxylic acids is 1. The summed E-state index contributed by atoms with van der Waals surface area (Å²) in [6, 6.07) is 13.8. The van der Waals surface area contributed by atoms with Crippen molar-refractivity contribution in [2.24, 2.45) is 0 Å². The van der Waals surface area contributed by atoms with Crippen LogP contribution in [-0.2, 0) is 24.3 Å². The summed E-state index contributed by atoms with van der Waals surface area (Å²) < 4.78 is 11.2. The lowest BCUT2D eigenvalue weighted by Gasteiger charge is -2.24. The molecule has 35 heavy (non-hydrogen) atoms. The number of nitrogens with zero attached hydrogens (tertiary/aromatic N) is 3. The van der Waals surface area contributed by atoms with E-state index in [1.54, 1.807) is 25.2 Å². The van der Waals surface area contributed by atoms with Crippen LogP contribution in [0.1, 0.15) is 47.1 Å². The minimum atomic E-state index is -1.29. The van der Waals surface area contributed by atoms with E-state index < -0.39 is 11.6 Å². The molecule has 0 amide bonds. The minimum absolute atomic E-state index is 0.489. The minimum Gasteiger partial charge on any atom is -0.478 e. The van der Waals surface area contributed by atoms with Crippen LogP contribution in [0.2, 0.25) is 0 Å². The summed E-state index contributed by atoms with van der Waals surface area (Å²) in [5.74, 6) is 0.724. The van der Waals surface area contributed by atoms with Crippen LogP contribution < -0.4 is 10.1 Å². The number of carbonyl (C=O) groups is 1. The Balaban J connectivity index is 1.32. The summed E-state index contributed by atoms with van der Waals surface area (Å²) in [6.07, 6.45) is 0.489. The van der Waals surface area contributed by atoms with E-state index in [1.165, 1.54) is 0 Å². The molecule has 0 saturated heterocycles. The lowest BCUT2D eigenvalue weighted by atomic mass is 10.0. The van der Waals surface area contributed by atoms with Gasteiger partial charge >= 0.3 is 5.97 Å². The molecule has 9 heteroatoms. The third-order valence-electron chi connectivity index (χ3n) is 5.43. The van der Waals surface area contributed by atoms with Crippen LogP contribution in [0.25, 0.3) is 11.4 Å². The third-order valence-corrected chi connectivity index (χ3v) is 6.33. The van der Waals surface area contributed by atoms with Gasteiger partial charge in [-0.25, -0.2) is 9.78 Å². The maximum absolute atomic E-state index is 11.4. The van der Waals surface area contributed by atoms with E-state index in [1.807, 2.05) is 61.7 Å². The first-order valence-corrected chi connectivity index (χ1v) is 12.1. The molecular formula is C26H28N4O4S. The number of rotatable bonds is 10. The summed E-state index contributed by atoms with van der Waals surface area (Å²) in [6.45, 7) is 8.24. The van der Waals surface area contributed by atoms with Crippen LogP contribution in [0.5, 0.6) is 5.75 Å². The third kappa shape index (κ3) is 6.12. The lowest BCUT2D eigenvalue weighted by molar-refractivity contribution is -0.152. The summed E-state index contributed by atoms with van der Waals surface area (Å²) >= 11 is 1.59. The standard InChI is InChI=1S/C26H28N4O4S/c1-16-10-18(11-17(2)23(16)33-26(3,4)25(31)32)13-27-14-22-28-20(15-35-22)12-21-29-24(30-34-21)19-8-6-5-7-9-19/h5-11,15,27H,12-14H2,1-4H3,(H,31,32). The van der Waals surface area contributed by atoms with Gasteiger partial charge in [0.2, 0.25) is 11.7 Å². The predicted octanol–water partition coefficient (Wildman–Crippen LogP) is 4.93. The maximum atomic E-state index is 11.4. The topological polar surface area (TPSA) is 110 Å². The van der Waals surface area contributed by atoms with Crippen molar-refractivity contribution in [3.8, 4) is 17.1 Å². The number of benzene rings is 2. The smallest absolute Gasteiger partial charge is 0.347 e. The maximum Gasteiger partial charge on any atom is 0.347 e. The number of nitrogens with one attached hydrogen (secondary N) is 1. The average molecular weight is 493 g/mol. The number of carboxylic acid groups (broad SMARTS) is 1. The van der Waals surface area contributed by atoms with Gasteiger partial charge in [0.15, 0.2) is 5.60 Å². The monoisotopic (exact) mass is 492 g/mol. The van der Waals surface area contributed by atoms with Gasteiger partial charge in [0.1, 0.15) is 10.8 Å². The Morgan fingerprint density at radius 2 is 1.83 bits per heavy atom. The molecule has 0 spiro atoms. The van der Waals surface area contributed by atoms with Crippen molar-refractivity contribution in [1.82, 2.24) is 20.4 Å². The largest absolute Gasteiger partial charge is 0.478 e. The van der Waals surface area contributed by atoms with Gasteiger partial charge in [-0.1, -0.05) is 47.6 Å². The first kappa shape index (κ1) is 24.6. The van der Waals surface area contributed by atoms with Crippen molar-refractivity contribution < 1.29 is 19.2 Å². The van der Waals surface area contributed by atoms with Crippen molar-refractivity contribution in [3.05, 3.63) is 81.1 Å². The number of aliphatic carboxylic acids is 1. The Hall–Kier alpha value is -3.56. The van der Waals surface area contributed by atoms with Gasteiger partial charge in [-0.05, 0) is 44.4 Å². The molecule has 0 bridgehead atoms. The molecule has 4 aromatic rings. The number of hydrogen-bond acceptors (Lipinski definition) is 8. The molecule has 0 saturated carbocycles. The summed E-state index contributed by atoms with van der Waals surface area (Å²) in [5, 5.41) is 19.8. The fraction of sp³-hybridized carbons (Fsp3) is 0.308. The highest BCUT2D eigenvalue weighted by atomic mass is 32.1. The molecular weight excluding hydrogens is 464 g/mol. The lowest BCUT2D eigenvalue weighted by Crippen LogP contribution is -2.38. The van der Waals surface area contributed by atoms with Gasteiger partial charge in [-0.3, -0.25) is 0 Å². The fourth-order valence-corrected chi connectivity index (χ4v) is 4.38. The zero-order valence-electron chi connectivity index (χ0n) is 20.2. The van der Waals surface area contributed by atoms with Gasteiger partial charge in [-0.2, -0.15) is 4.98 Å². The molecule has 0 atom stereocenters. The van der Waals surface area contributed by atoms with Gasteiger partial charge in [0.05, 0.1) is 12.1 Å². The zero-order chi connectivity index (χ0) is 25.0. The van der Waals surface area contributed by atoms with E-state index in [0.29, 0.717) is 37.0 Å². The average Bonchev–Trinajstić information content (AvgIpc) is 3.47. The molecule has 8 nitrogen and oxygen atoms in total. The SMILES string of the molecule is Cc1cc(CNCc2nc(Cc3nc(-c4ccccc4)no3)cs2)cc(C)c1OC(C)(C)C(=O)O. The van der Waals surface area contributed by atoms with Crippen molar-refractivity contribution in [3.63, 3.8) is 0 Å². The molecule has 2 aromatic carbocycles. The summed E-state index contributed by atoms with van der Waals surface area (Å²) in [4.78, 5) is 20.6. The highest BCUT2D eigenvalue weighted by molar-refractivity contribution is 7.09. The van der Waals surface area contributed by atoms with E-state index in [4.69, 9.17) is 9.26 Å². The van der Waals surface area contributed by atoms with E-state index in [9.17, 15) is 9.90 Å². The quantitative estimate of drug-likeness (QED) is 0.321.